The highest BCUT2D eigenvalue weighted by molar-refractivity contribution is 8.01. The van der Waals surface area contributed by atoms with E-state index in [0.29, 0.717) is 0 Å². The SMILES string of the molecule is CC(C)(C)OC(=O)N[C@@H](COC(C)(C)C(F)(F)F)C(=O)C=S(C)(C)=O. The molecule has 25 heavy (non-hydrogen) atoms. The van der Waals surface area contributed by atoms with Crippen LogP contribution in [0.4, 0.5) is 18.0 Å². The van der Waals surface area contributed by atoms with Gasteiger partial charge in [-0.15, -0.1) is 0 Å². The predicted molar refractivity (Wildman–Crippen MR) is 90.3 cm³/mol. The van der Waals surface area contributed by atoms with Gasteiger partial charge in [0.05, 0.1) is 6.61 Å². The minimum atomic E-state index is -4.67. The standard InChI is InChI=1S/C15H26F3NO5S/c1-13(2,3)24-12(21)19-10(11(20)9-25(6,7)22)8-23-14(4,5)15(16,17)18/h9-10H,8H2,1-7H3,(H,19,21)/t10-/m0/s1. The number of rotatable bonds is 6. The first kappa shape index (κ1) is 23.7. The molecule has 0 heterocycles. The van der Waals surface area contributed by atoms with E-state index in [0.717, 1.165) is 19.2 Å². The number of nitrogens with one attached hydrogen (secondary N) is 1. The Labute approximate surface area is 146 Å². The van der Waals surface area contributed by atoms with Gasteiger partial charge in [0.25, 0.3) is 0 Å². The first-order chi connectivity index (χ1) is 10.8. The Bertz CT molecular complexity index is 606. The third-order valence-corrected chi connectivity index (χ3v) is 3.53. The summed E-state index contributed by atoms with van der Waals surface area (Å²) >= 11 is 0. The smallest absolute Gasteiger partial charge is 0.416 e. The number of halogens is 3. The van der Waals surface area contributed by atoms with E-state index in [1.165, 1.54) is 12.5 Å². The lowest BCUT2D eigenvalue weighted by Gasteiger charge is -2.30. The number of hydrogen-bond donors (Lipinski definition) is 1. The summed E-state index contributed by atoms with van der Waals surface area (Å²) in [5.41, 5.74) is -3.39. The molecule has 0 aromatic rings. The molecule has 0 saturated carbocycles. The lowest BCUT2D eigenvalue weighted by atomic mass is 10.1. The van der Waals surface area contributed by atoms with Crippen LogP contribution in [-0.4, -0.2) is 64.0 Å². The molecule has 0 aliphatic heterocycles. The van der Waals surface area contributed by atoms with E-state index < -0.39 is 51.4 Å². The fourth-order valence-electron chi connectivity index (χ4n) is 1.38. The quantitative estimate of drug-likeness (QED) is 0.704. The van der Waals surface area contributed by atoms with Crippen LogP contribution >= 0.6 is 0 Å². The van der Waals surface area contributed by atoms with Gasteiger partial charge in [-0.05, 0) is 44.1 Å². The summed E-state index contributed by atoms with van der Waals surface area (Å²) in [4.78, 5) is 24.0. The maximum Gasteiger partial charge on any atom is 0.416 e. The van der Waals surface area contributed by atoms with E-state index >= 15 is 0 Å². The van der Waals surface area contributed by atoms with Crippen molar-refractivity contribution >= 4 is 26.8 Å². The second-order valence-electron chi connectivity index (χ2n) is 7.35. The molecule has 6 nitrogen and oxygen atoms in total. The number of Topliss-reactive ketones (excluding diaryl/α,β-unsaturated/α-hetero) is 1. The van der Waals surface area contributed by atoms with Crippen LogP contribution in [-0.2, 0) is 23.8 Å². The van der Waals surface area contributed by atoms with Gasteiger partial charge in [-0.2, -0.15) is 13.2 Å². The van der Waals surface area contributed by atoms with Crippen molar-refractivity contribution in [2.24, 2.45) is 0 Å². The Kier molecular flexibility index (Phi) is 7.53. The molecule has 0 fully saturated rings. The van der Waals surface area contributed by atoms with Crippen molar-refractivity contribution in [3.8, 4) is 0 Å². The number of amides is 1. The molecule has 0 rings (SSSR count). The van der Waals surface area contributed by atoms with Crippen molar-refractivity contribution in [1.29, 1.82) is 0 Å². The lowest BCUT2D eigenvalue weighted by Crippen LogP contribution is -2.50. The number of ether oxygens (including phenoxy) is 2. The molecule has 10 heteroatoms. The van der Waals surface area contributed by atoms with E-state index in [4.69, 9.17) is 9.47 Å². The third-order valence-electron chi connectivity index (χ3n) is 2.73. The Morgan fingerprint density at radius 1 is 1.12 bits per heavy atom. The van der Waals surface area contributed by atoms with E-state index in [-0.39, 0.29) is 0 Å². The van der Waals surface area contributed by atoms with Gasteiger partial charge in [0.1, 0.15) is 11.6 Å². The molecule has 0 aliphatic rings. The molecule has 1 atom stereocenters. The molecule has 0 radical (unpaired) electrons. The van der Waals surface area contributed by atoms with Gasteiger partial charge in [0, 0.05) is 17.9 Å². The summed E-state index contributed by atoms with van der Waals surface area (Å²) in [6.45, 7) is 5.61. The first-order valence-electron chi connectivity index (χ1n) is 7.37. The third kappa shape index (κ3) is 9.69. The first-order valence-corrected chi connectivity index (χ1v) is 9.81. The Balaban J connectivity index is 5.32. The Hall–Kier alpha value is -1.29. The van der Waals surface area contributed by atoms with Crippen LogP contribution in [0.1, 0.15) is 34.6 Å². The highest BCUT2D eigenvalue weighted by Crippen LogP contribution is 2.32. The molecule has 0 aromatic heterocycles. The largest absolute Gasteiger partial charge is 0.444 e. The zero-order valence-electron chi connectivity index (χ0n) is 15.4. The molecule has 1 amide bonds. The maximum absolute atomic E-state index is 12.9. The van der Waals surface area contributed by atoms with E-state index in [1.807, 2.05) is 0 Å². The molecule has 0 spiro atoms. The molecule has 1 N–H and O–H groups in total. The van der Waals surface area contributed by atoms with Gasteiger partial charge >= 0.3 is 12.3 Å². The van der Waals surface area contributed by atoms with E-state index in [1.54, 1.807) is 20.8 Å². The van der Waals surface area contributed by atoms with Crippen LogP contribution in [0.15, 0.2) is 0 Å². The van der Waals surface area contributed by atoms with Crippen LogP contribution in [0, 0.1) is 0 Å². The molecule has 0 aromatic carbocycles. The van der Waals surface area contributed by atoms with Crippen LogP contribution in [0.5, 0.6) is 0 Å². The molecule has 0 aliphatic carbocycles. The number of hydrogen-bond acceptors (Lipinski definition) is 5. The van der Waals surface area contributed by atoms with Crippen molar-refractivity contribution in [3.05, 3.63) is 0 Å². The average molecular weight is 389 g/mol. The molecule has 0 unspecified atom stereocenters. The van der Waals surface area contributed by atoms with E-state index in [2.05, 4.69) is 5.32 Å². The number of alkyl carbamates (subject to hydrolysis) is 1. The highest BCUT2D eigenvalue weighted by Gasteiger charge is 2.49. The number of ketones is 1. The second-order valence-corrected chi connectivity index (χ2v) is 10.2. The summed E-state index contributed by atoms with van der Waals surface area (Å²) in [6, 6.07) is -1.46. The normalized spacial score (nSPS) is 14.6. The fourth-order valence-corrected chi connectivity index (χ4v) is 2.10. The van der Waals surface area contributed by atoms with Gasteiger partial charge in [-0.3, -0.25) is 9.00 Å². The minimum Gasteiger partial charge on any atom is -0.444 e. The number of carbonyl (C=O) groups excluding carboxylic acids is 2. The summed E-state index contributed by atoms with van der Waals surface area (Å²) in [6.07, 6.45) is -3.09. The van der Waals surface area contributed by atoms with Crippen molar-refractivity contribution < 1.29 is 36.4 Å². The number of carbonyl (C=O) groups is 2. The minimum absolute atomic E-state index is 0.753. The zero-order chi connectivity index (χ0) is 20.3. The van der Waals surface area contributed by atoms with Gasteiger partial charge in [0.2, 0.25) is 0 Å². The lowest BCUT2D eigenvalue weighted by molar-refractivity contribution is -0.264. The van der Waals surface area contributed by atoms with Crippen molar-refractivity contribution in [1.82, 2.24) is 5.32 Å². The summed E-state index contributed by atoms with van der Waals surface area (Å²) < 4.78 is 60.1. The average Bonchev–Trinajstić information content (AvgIpc) is 2.28. The predicted octanol–water partition coefficient (Wildman–Crippen LogP) is 2.15. The Morgan fingerprint density at radius 2 is 1.60 bits per heavy atom. The van der Waals surface area contributed by atoms with Crippen molar-refractivity contribution in [2.45, 2.75) is 58.0 Å². The highest BCUT2D eigenvalue weighted by atomic mass is 32.2. The maximum atomic E-state index is 12.9. The topological polar surface area (TPSA) is 81.7 Å². The summed E-state index contributed by atoms with van der Waals surface area (Å²) in [5, 5.41) is 3.02. The molecule has 0 saturated heterocycles. The van der Waals surface area contributed by atoms with Crippen LogP contribution in [0.2, 0.25) is 0 Å². The van der Waals surface area contributed by atoms with Crippen LogP contribution in [0.3, 0.4) is 0 Å². The summed E-state index contributed by atoms with van der Waals surface area (Å²) in [5.74, 6) is -0.821. The van der Waals surface area contributed by atoms with Crippen molar-refractivity contribution in [3.63, 3.8) is 0 Å². The molecule has 148 valence electrons. The zero-order valence-corrected chi connectivity index (χ0v) is 16.3. The second kappa shape index (κ2) is 7.94. The van der Waals surface area contributed by atoms with Crippen LogP contribution in [0.25, 0.3) is 0 Å². The van der Waals surface area contributed by atoms with Crippen molar-refractivity contribution in [2.75, 3.05) is 19.1 Å². The Morgan fingerprint density at radius 3 is 1.96 bits per heavy atom. The number of alkyl halides is 3. The van der Waals surface area contributed by atoms with Gasteiger partial charge in [-0.1, -0.05) is 0 Å². The van der Waals surface area contributed by atoms with Crippen LogP contribution < -0.4 is 5.32 Å². The monoisotopic (exact) mass is 389 g/mol. The molecule has 0 bridgehead atoms. The molecular weight excluding hydrogens is 363 g/mol. The fraction of sp³-hybridized carbons (Fsp3) is 0.800. The molecular formula is C15H26F3NO5S. The van der Waals surface area contributed by atoms with Gasteiger partial charge < -0.3 is 14.8 Å². The summed E-state index contributed by atoms with van der Waals surface area (Å²) in [7, 11) is -2.62. The van der Waals surface area contributed by atoms with Gasteiger partial charge in [0.15, 0.2) is 11.4 Å². The van der Waals surface area contributed by atoms with E-state index in [9.17, 15) is 27.0 Å². The van der Waals surface area contributed by atoms with Gasteiger partial charge in [-0.25, -0.2) is 4.79 Å².